The van der Waals surface area contributed by atoms with Crippen molar-refractivity contribution in [1.29, 1.82) is 0 Å². The molecule has 0 aliphatic carbocycles. The summed E-state index contributed by atoms with van der Waals surface area (Å²) >= 11 is 0. The molecule has 4 heteroatoms. The lowest BCUT2D eigenvalue weighted by Gasteiger charge is -2.13. The van der Waals surface area contributed by atoms with Gasteiger partial charge >= 0.3 is 0 Å². The van der Waals surface area contributed by atoms with E-state index in [2.05, 4.69) is 54.6 Å². The first kappa shape index (κ1) is 18.0. The SMILES string of the molecule is Cc1ccoc1C(=O)NCc1ccccc1-c1ccc(CN(C)C)cc1. The second-order valence-corrected chi connectivity index (χ2v) is 6.71. The molecule has 26 heavy (non-hydrogen) atoms. The number of carbonyl (C=O) groups excluding carboxylic acids is 1. The Labute approximate surface area is 154 Å². The molecule has 4 nitrogen and oxygen atoms in total. The molecule has 1 N–H and O–H groups in total. The van der Waals surface area contributed by atoms with Crippen molar-refractivity contribution in [2.45, 2.75) is 20.0 Å². The lowest BCUT2D eigenvalue weighted by molar-refractivity contribution is 0.0922. The summed E-state index contributed by atoms with van der Waals surface area (Å²) < 4.78 is 5.26. The van der Waals surface area contributed by atoms with Crippen LogP contribution in [0, 0.1) is 6.92 Å². The summed E-state index contributed by atoms with van der Waals surface area (Å²) in [4.78, 5) is 14.4. The molecule has 1 heterocycles. The molecule has 0 spiro atoms. The minimum atomic E-state index is -0.191. The average molecular weight is 348 g/mol. The van der Waals surface area contributed by atoms with Gasteiger partial charge in [0.15, 0.2) is 5.76 Å². The molecular weight excluding hydrogens is 324 g/mol. The molecule has 0 fully saturated rings. The van der Waals surface area contributed by atoms with Crippen molar-refractivity contribution in [3.63, 3.8) is 0 Å². The number of hydrogen-bond donors (Lipinski definition) is 1. The quantitative estimate of drug-likeness (QED) is 0.724. The van der Waals surface area contributed by atoms with Crippen molar-refractivity contribution in [1.82, 2.24) is 10.2 Å². The van der Waals surface area contributed by atoms with E-state index in [-0.39, 0.29) is 5.91 Å². The molecule has 134 valence electrons. The molecule has 0 bridgehead atoms. The number of rotatable bonds is 6. The molecule has 0 aliphatic rings. The highest BCUT2D eigenvalue weighted by atomic mass is 16.3. The summed E-state index contributed by atoms with van der Waals surface area (Å²) in [6.07, 6.45) is 1.54. The molecule has 0 radical (unpaired) electrons. The van der Waals surface area contributed by atoms with Crippen molar-refractivity contribution in [2.24, 2.45) is 0 Å². The third-order valence-corrected chi connectivity index (χ3v) is 4.29. The van der Waals surface area contributed by atoms with Crippen LogP contribution in [0.25, 0.3) is 11.1 Å². The van der Waals surface area contributed by atoms with Gasteiger partial charge in [-0.25, -0.2) is 0 Å². The van der Waals surface area contributed by atoms with E-state index >= 15 is 0 Å². The molecule has 0 aliphatic heterocycles. The van der Waals surface area contributed by atoms with Crippen molar-refractivity contribution < 1.29 is 9.21 Å². The van der Waals surface area contributed by atoms with Crippen LogP contribution in [0.1, 0.15) is 27.2 Å². The summed E-state index contributed by atoms with van der Waals surface area (Å²) in [6, 6.07) is 18.5. The van der Waals surface area contributed by atoms with Gasteiger partial charge < -0.3 is 14.6 Å². The van der Waals surface area contributed by atoms with Crippen molar-refractivity contribution in [2.75, 3.05) is 14.1 Å². The maximum Gasteiger partial charge on any atom is 0.287 e. The molecular formula is C22H24N2O2. The third kappa shape index (κ3) is 4.21. The summed E-state index contributed by atoms with van der Waals surface area (Å²) in [7, 11) is 4.12. The monoisotopic (exact) mass is 348 g/mol. The fraction of sp³-hybridized carbons (Fsp3) is 0.227. The van der Waals surface area contributed by atoms with Gasteiger partial charge in [0.05, 0.1) is 6.26 Å². The molecule has 1 aromatic heterocycles. The van der Waals surface area contributed by atoms with Gasteiger partial charge in [-0.3, -0.25) is 4.79 Å². The fourth-order valence-corrected chi connectivity index (χ4v) is 2.97. The Bertz CT molecular complexity index is 879. The van der Waals surface area contributed by atoms with Crippen LogP contribution in [0.4, 0.5) is 0 Å². The van der Waals surface area contributed by atoms with E-state index in [1.54, 1.807) is 6.07 Å². The van der Waals surface area contributed by atoms with Gasteiger partial charge in [0, 0.05) is 18.7 Å². The highest BCUT2D eigenvalue weighted by Gasteiger charge is 2.13. The van der Waals surface area contributed by atoms with E-state index in [1.807, 2.05) is 25.1 Å². The number of carbonyl (C=O) groups is 1. The second kappa shape index (κ2) is 8.02. The number of aryl methyl sites for hydroxylation is 1. The standard InChI is InChI=1S/C22H24N2O2/c1-16-12-13-26-21(16)22(25)23-14-19-6-4-5-7-20(19)18-10-8-17(9-11-18)15-24(2)3/h4-13H,14-15H2,1-3H3,(H,23,25). The Kier molecular flexibility index (Phi) is 5.54. The van der Waals surface area contributed by atoms with Crippen LogP contribution in [-0.2, 0) is 13.1 Å². The lowest BCUT2D eigenvalue weighted by Crippen LogP contribution is -2.23. The first-order valence-corrected chi connectivity index (χ1v) is 8.69. The number of nitrogens with zero attached hydrogens (tertiary/aromatic N) is 1. The van der Waals surface area contributed by atoms with Crippen molar-refractivity contribution in [3.8, 4) is 11.1 Å². The van der Waals surface area contributed by atoms with Crippen LogP contribution in [0.2, 0.25) is 0 Å². The molecule has 3 rings (SSSR count). The van der Waals surface area contributed by atoms with Gasteiger partial charge in [-0.05, 0) is 49.3 Å². The highest BCUT2D eigenvalue weighted by Crippen LogP contribution is 2.24. The van der Waals surface area contributed by atoms with Gasteiger partial charge in [-0.15, -0.1) is 0 Å². The Hall–Kier alpha value is -2.85. The lowest BCUT2D eigenvalue weighted by atomic mass is 9.98. The predicted octanol–water partition coefficient (Wildman–Crippen LogP) is 4.25. The summed E-state index contributed by atoms with van der Waals surface area (Å²) in [5, 5.41) is 2.95. The minimum absolute atomic E-state index is 0.191. The van der Waals surface area contributed by atoms with E-state index in [9.17, 15) is 4.79 Å². The zero-order valence-corrected chi connectivity index (χ0v) is 15.5. The van der Waals surface area contributed by atoms with Gasteiger partial charge in [-0.1, -0.05) is 48.5 Å². The van der Waals surface area contributed by atoms with E-state index < -0.39 is 0 Å². The molecule has 0 saturated heterocycles. The Balaban J connectivity index is 1.76. The van der Waals surface area contributed by atoms with Crippen LogP contribution in [0.3, 0.4) is 0 Å². The van der Waals surface area contributed by atoms with Crippen LogP contribution in [0.15, 0.2) is 65.3 Å². The number of furan rings is 1. The molecule has 3 aromatic rings. The first-order valence-electron chi connectivity index (χ1n) is 8.69. The Morgan fingerprint density at radius 1 is 1.04 bits per heavy atom. The zero-order valence-electron chi connectivity index (χ0n) is 15.5. The smallest absolute Gasteiger partial charge is 0.287 e. The first-order chi connectivity index (χ1) is 12.5. The summed E-state index contributed by atoms with van der Waals surface area (Å²) in [5.41, 5.74) is 5.46. The number of hydrogen-bond acceptors (Lipinski definition) is 3. The van der Waals surface area contributed by atoms with Crippen LogP contribution < -0.4 is 5.32 Å². The molecule has 1 amide bonds. The van der Waals surface area contributed by atoms with Gasteiger partial charge in [-0.2, -0.15) is 0 Å². The zero-order chi connectivity index (χ0) is 18.5. The Morgan fingerprint density at radius 2 is 1.77 bits per heavy atom. The molecule has 2 aromatic carbocycles. The summed E-state index contributed by atoms with van der Waals surface area (Å²) in [5.74, 6) is 0.180. The van der Waals surface area contributed by atoms with Crippen LogP contribution in [-0.4, -0.2) is 24.9 Å². The van der Waals surface area contributed by atoms with Crippen molar-refractivity contribution in [3.05, 3.63) is 83.3 Å². The van der Waals surface area contributed by atoms with Gasteiger partial charge in [0.25, 0.3) is 5.91 Å². The highest BCUT2D eigenvalue weighted by molar-refractivity contribution is 5.92. The number of nitrogens with one attached hydrogen (secondary N) is 1. The molecule has 0 atom stereocenters. The van der Waals surface area contributed by atoms with Gasteiger partial charge in [0.2, 0.25) is 0 Å². The van der Waals surface area contributed by atoms with E-state index in [1.165, 1.54) is 11.8 Å². The third-order valence-electron chi connectivity index (χ3n) is 4.29. The summed E-state index contributed by atoms with van der Waals surface area (Å²) in [6.45, 7) is 3.23. The predicted molar refractivity (Wildman–Crippen MR) is 104 cm³/mol. The fourth-order valence-electron chi connectivity index (χ4n) is 2.97. The number of benzene rings is 2. The largest absolute Gasteiger partial charge is 0.459 e. The molecule has 0 saturated carbocycles. The minimum Gasteiger partial charge on any atom is -0.459 e. The van der Waals surface area contributed by atoms with Crippen molar-refractivity contribution >= 4 is 5.91 Å². The average Bonchev–Trinajstić information content (AvgIpc) is 3.06. The topological polar surface area (TPSA) is 45.5 Å². The molecule has 0 unspecified atom stereocenters. The Morgan fingerprint density at radius 3 is 2.42 bits per heavy atom. The van der Waals surface area contributed by atoms with E-state index in [0.717, 1.165) is 28.8 Å². The van der Waals surface area contributed by atoms with Gasteiger partial charge in [0.1, 0.15) is 0 Å². The number of amides is 1. The van der Waals surface area contributed by atoms with E-state index in [0.29, 0.717) is 12.3 Å². The van der Waals surface area contributed by atoms with Crippen LogP contribution >= 0.6 is 0 Å². The van der Waals surface area contributed by atoms with E-state index in [4.69, 9.17) is 4.42 Å². The maximum atomic E-state index is 12.3. The normalized spacial score (nSPS) is 10.9. The maximum absolute atomic E-state index is 12.3. The second-order valence-electron chi connectivity index (χ2n) is 6.71. The van der Waals surface area contributed by atoms with Crippen LogP contribution in [0.5, 0.6) is 0 Å².